The van der Waals surface area contributed by atoms with E-state index in [0.717, 1.165) is 15.6 Å². The summed E-state index contributed by atoms with van der Waals surface area (Å²) in [6.07, 6.45) is 0. The summed E-state index contributed by atoms with van der Waals surface area (Å²) >= 11 is 4.70. The summed E-state index contributed by atoms with van der Waals surface area (Å²) in [5.74, 6) is 0.491. The van der Waals surface area contributed by atoms with Crippen LogP contribution in [0, 0.1) is 13.8 Å². The lowest BCUT2D eigenvalue weighted by atomic mass is 10.0. The molecular formula is C19H17BrN2O2S. The molecule has 128 valence electrons. The van der Waals surface area contributed by atoms with E-state index >= 15 is 0 Å². The summed E-state index contributed by atoms with van der Waals surface area (Å²) in [7, 11) is 0. The molecule has 0 aliphatic rings. The first-order valence-electron chi connectivity index (χ1n) is 7.81. The van der Waals surface area contributed by atoms with Crippen LogP contribution in [0.5, 0.6) is 0 Å². The summed E-state index contributed by atoms with van der Waals surface area (Å²) in [5, 5.41) is 8.20. The SMILES string of the molecule is Cc1ccc(C(=O)C(C)Sc2nnc(-c3cccc(Br)c3)o2)cc1C. The highest BCUT2D eigenvalue weighted by molar-refractivity contribution is 9.10. The fourth-order valence-corrected chi connectivity index (χ4v) is 3.49. The van der Waals surface area contributed by atoms with Crippen molar-refractivity contribution in [1.82, 2.24) is 10.2 Å². The van der Waals surface area contributed by atoms with Gasteiger partial charge in [-0.3, -0.25) is 4.79 Å². The van der Waals surface area contributed by atoms with Crippen LogP contribution < -0.4 is 0 Å². The molecular weight excluding hydrogens is 400 g/mol. The molecule has 0 bridgehead atoms. The predicted molar refractivity (Wildman–Crippen MR) is 103 cm³/mol. The first-order valence-corrected chi connectivity index (χ1v) is 9.49. The van der Waals surface area contributed by atoms with Gasteiger partial charge in [0.15, 0.2) is 5.78 Å². The van der Waals surface area contributed by atoms with Crippen LogP contribution in [0.25, 0.3) is 11.5 Å². The third-order valence-electron chi connectivity index (χ3n) is 3.92. The van der Waals surface area contributed by atoms with Gasteiger partial charge < -0.3 is 4.42 Å². The summed E-state index contributed by atoms with van der Waals surface area (Å²) < 4.78 is 6.63. The van der Waals surface area contributed by atoms with E-state index in [0.29, 0.717) is 16.7 Å². The molecule has 1 aromatic heterocycles. The Balaban J connectivity index is 1.74. The van der Waals surface area contributed by atoms with Gasteiger partial charge in [-0.2, -0.15) is 0 Å². The molecule has 0 spiro atoms. The van der Waals surface area contributed by atoms with Gasteiger partial charge in [-0.05, 0) is 56.2 Å². The Kier molecular flexibility index (Phi) is 5.39. The maximum atomic E-state index is 12.6. The minimum Gasteiger partial charge on any atom is -0.411 e. The molecule has 2 aromatic carbocycles. The molecule has 0 radical (unpaired) electrons. The smallest absolute Gasteiger partial charge is 0.277 e. The fourth-order valence-electron chi connectivity index (χ4n) is 2.33. The number of halogens is 1. The van der Waals surface area contributed by atoms with E-state index in [1.165, 1.54) is 17.3 Å². The Morgan fingerprint density at radius 3 is 2.64 bits per heavy atom. The maximum Gasteiger partial charge on any atom is 0.277 e. The van der Waals surface area contributed by atoms with Crippen LogP contribution in [-0.2, 0) is 0 Å². The van der Waals surface area contributed by atoms with Gasteiger partial charge in [0.05, 0.1) is 5.25 Å². The van der Waals surface area contributed by atoms with Crippen molar-refractivity contribution in [2.45, 2.75) is 31.2 Å². The van der Waals surface area contributed by atoms with Crippen molar-refractivity contribution >= 4 is 33.5 Å². The molecule has 0 amide bonds. The highest BCUT2D eigenvalue weighted by atomic mass is 79.9. The number of carbonyl (C=O) groups excluding carboxylic acids is 1. The standard InChI is InChI=1S/C19H17BrN2O2S/c1-11-7-8-14(9-12(11)2)17(23)13(3)25-19-22-21-18(24-19)15-5-4-6-16(20)10-15/h4-10,13H,1-3H3. The van der Waals surface area contributed by atoms with Crippen LogP contribution in [0.4, 0.5) is 0 Å². The molecule has 3 rings (SSSR count). The zero-order valence-electron chi connectivity index (χ0n) is 14.1. The Morgan fingerprint density at radius 1 is 1.12 bits per heavy atom. The second-order valence-electron chi connectivity index (χ2n) is 5.81. The van der Waals surface area contributed by atoms with Crippen molar-refractivity contribution in [3.05, 3.63) is 63.6 Å². The molecule has 0 fully saturated rings. The van der Waals surface area contributed by atoms with Crippen molar-refractivity contribution < 1.29 is 9.21 Å². The Labute approximate surface area is 159 Å². The lowest BCUT2D eigenvalue weighted by Crippen LogP contribution is -2.13. The molecule has 4 nitrogen and oxygen atoms in total. The Bertz CT molecular complexity index is 923. The van der Waals surface area contributed by atoms with Crippen LogP contribution in [0.1, 0.15) is 28.4 Å². The number of aryl methyl sites for hydroxylation is 2. The fraction of sp³-hybridized carbons (Fsp3) is 0.211. The van der Waals surface area contributed by atoms with Crippen molar-refractivity contribution in [1.29, 1.82) is 0 Å². The normalized spacial score (nSPS) is 12.2. The largest absolute Gasteiger partial charge is 0.411 e. The minimum atomic E-state index is -0.307. The van der Waals surface area contributed by atoms with E-state index in [2.05, 4.69) is 26.1 Å². The number of carbonyl (C=O) groups is 1. The number of ketones is 1. The summed E-state index contributed by atoms with van der Waals surface area (Å²) in [4.78, 5) is 12.6. The van der Waals surface area contributed by atoms with Gasteiger partial charge in [0.25, 0.3) is 5.22 Å². The third-order valence-corrected chi connectivity index (χ3v) is 5.34. The topological polar surface area (TPSA) is 56.0 Å². The number of benzene rings is 2. The first kappa shape index (κ1) is 17.9. The molecule has 0 aliphatic heterocycles. The van der Waals surface area contributed by atoms with Crippen LogP contribution in [0.15, 0.2) is 56.6 Å². The van der Waals surface area contributed by atoms with E-state index in [-0.39, 0.29) is 11.0 Å². The maximum absolute atomic E-state index is 12.6. The molecule has 25 heavy (non-hydrogen) atoms. The lowest BCUT2D eigenvalue weighted by molar-refractivity contribution is 0.0993. The van der Waals surface area contributed by atoms with Crippen molar-refractivity contribution in [3.63, 3.8) is 0 Å². The molecule has 1 heterocycles. The first-order chi connectivity index (χ1) is 11.9. The molecule has 1 atom stereocenters. The Hall–Kier alpha value is -1.92. The molecule has 1 unspecified atom stereocenters. The lowest BCUT2D eigenvalue weighted by Gasteiger charge is -2.09. The van der Waals surface area contributed by atoms with Gasteiger partial charge >= 0.3 is 0 Å². The molecule has 3 aromatic rings. The average Bonchev–Trinajstić information content (AvgIpc) is 3.05. The van der Waals surface area contributed by atoms with Gasteiger partial charge in [0, 0.05) is 15.6 Å². The number of aromatic nitrogens is 2. The molecule has 0 saturated carbocycles. The second kappa shape index (κ2) is 7.54. The van der Waals surface area contributed by atoms with Crippen LogP contribution in [0.3, 0.4) is 0 Å². The minimum absolute atomic E-state index is 0.0512. The number of hydrogen-bond donors (Lipinski definition) is 0. The zero-order chi connectivity index (χ0) is 18.0. The van der Waals surface area contributed by atoms with Gasteiger partial charge in [0.1, 0.15) is 0 Å². The van der Waals surface area contributed by atoms with Crippen molar-refractivity contribution in [3.8, 4) is 11.5 Å². The predicted octanol–water partition coefficient (Wildman–Crippen LogP) is 5.48. The van der Waals surface area contributed by atoms with Crippen LogP contribution >= 0.6 is 27.7 Å². The van der Waals surface area contributed by atoms with E-state index in [4.69, 9.17) is 4.42 Å². The molecule has 0 aliphatic carbocycles. The van der Waals surface area contributed by atoms with Crippen molar-refractivity contribution in [2.75, 3.05) is 0 Å². The van der Waals surface area contributed by atoms with Gasteiger partial charge in [-0.25, -0.2) is 0 Å². The Morgan fingerprint density at radius 2 is 1.92 bits per heavy atom. The summed E-state index contributed by atoms with van der Waals surface area (Å²) in [6.45, 7) is 5.89. The van der Waals surface area contributed by atoms with Gasteiger partial charge in [-0.1, -0.05) is 45.9 Å². The monoisotopic (exact) mass is 416 g/mol. The molecule has 0 saturated heterocycles. The number of nitrogens with zero attached hydrogens (tertiary/aromatic N) is 2. The van der Waals surface area contributed by atoms with E-state index in [1.807, 2.05) is 63.2 Å². The summed E-state index contributed by atoms with van der Waals surface area (Å²) in [6, 6.07) is 13.4. The number of rotatable bonds is 5. The number of Topliss-reactive ketones (excluding diaryl/α,β-unsaturated/α-hetero) is 1. The quantitative estimate of drug-likeness (QED) is 0.407. The highest BCUT2D eigenvalue weighted by Gasteiger charge is 2.20. The summed E-state index contributed by atoms with van der Waals surface area (Å²) in [5.41, 5.74) is 3.82. The molecule has 0 N–H and O–H groups in total. The number of thioether (sulfide) groups is 1. The van der Waals surface area contributed by atoms with Crippen molar-refractivity contribution in [2.24, 2.45) is 0 Å². The van der Waals surface area contributed by atoms with E-state index < -0.39 is 0 Å². The van der Waals surface area contributed by atoms with E-state index in [9.17, 15) is 4.79 Å². The molecule has 6 heteroatoms. The van der Waals surface area contributed by atoms with E-state index in [1.54, 1.807) is 0 Å². The van der Waals surface area contributed by atoms with Crippen LogP contribution in [-0.4, -0.2) is 21.2 Å². The zero-order valence-corrected chi connectivity index (χ0v) is 16.5. The second-order valence-corrected chi connectivity index (χ2v) is 8.01. The highest BCUT2D eigenvalue weighted by Crippen LogP contribution is 2.29. The van der Waals surface area contributed by atoms with Gasteiger partial charge in [0.2, 0.25) is 5.89 Å². The van der Waals surface area contributed by atoms with Gasteiger partial charge in [-0.15, -0.1) is 10.2 Å². The number of hydrogen-bond acceptors (Lipinski definition) is 5. The van der Waals surface area contributed by atoms with Crippen LogP contribution in [0.2, 0.25) is 0 Å². The third kappa shape index (κ3) is 4.19. The average molecular weight is 417 g/mol.